The molecule has 0 aromatic heterocycles. The van der Waals surface area contributed by atoms with Crippen molar-refractivity contribution in [3.8, 4) is 0 Å². The van der Waals surface area contributed by atoms with Gasteiger partial charge in [-0.25, -0.2) is 8.37 Å². The van der Waals surface area contributed by atoms with Crippen molar-refractivity contribution < 1.29 is 43.1 Å². The minimum Gasteiger partial charge on any atom is -0.239 e. The van der Waals surface area contributed by atoms with Crippen molar-refractivity contribution in [1.29, 1.82) is 0 Å². The van der Waals surface area contributed by atoms with E-state index in [4.69, 9.17) is 0 Å². The first-order valence-electron chi connectivity index (χ1n) is 3.09. The zero-order valence-electron chi connectivity index (χ0n) is 6.72. The maximum atomic E-state index is 11.4. The zero-order chi connectivity index (χ0) is 12.3. The van der Waals surface area contributed by atoms with Gasteiger partial charge in [0.1, 0.15) is 0 Å². The second-order valence-corrected chi connectivity index (χ2v) is 3.45. The quantitative estimate of drug-likeness (QED) is 0.718. The van der Waals surface area contributed by atoms with Crippen LogP contribution in [0.3, 0.4) is 0 Å². The number of alkyl halides is 6. The first-order valence-corrected chi connectivity index (χ1v) is 4.42. The number of halogens is 6. The molecule has 0 aliphatic rings. The van der Waals surface area contributed by atoms with Crippen LogP contribution < -0.4 is 0 Å². The lowest BCUT2D eigenvalue weighted by atomic mass is 10.7. The van der Waals surface area contributed by atoms with Crippen LogP contribution in [0, 0.1) is 0 Å². The fourth-order valence-electron chi connectivity index (χ4n) is 0.312. The summed E-state index contributed by atoms with van der Waals surface area (Å²) in [6.07, 6.45) is -9.96. The molecule has 11 heteroatoms. The Hall–Kier alpha value is -0.550. The Balaban J connectivity index is 4.11. The monoisotopic (exact) mass is 262 g/mol. The molecule has 0 radical (unpaired) electrons. The molecule has 4 nitrogen and oxygen atoms in total. The molecule has 0 aromatic carbocycles. The van der Waals surface area contributed by atoms with Gasteiger partial charge in [-0.05, 0) is 0 Å². The molecule has 0 unspecified atom stereocenters. The van der Waals surface area contributed by atoms with E-state index < -0.39 is 36.0 Å². The molecular formula is C4H4F6O4S. The molecule has 0 amide bonds. The van der Waals surface area contributed by atoms with E-state index in [1.807, 2.05) is 0 Å². The maximum Gasteiger partial charge on any atom is 0.413 e. The smallest absolute Gasteiger partial charge is 0.239 e. The topological polar surface area (TPSA) is 52.6 Å². The molecular weight excluding hydrogens is 258 g/mol. The van der Waals surface area contributed by atoms with Crippen LogP contribution in [0.4, 0.5) is 26.3 Å². The highest BCUT2D eigenvalue weighted by atomic mass is 32.3. The minimum atomic E-state index is -5.29. The molecule has 0 saturated heterocycles. The lowest BCUT2D eigenvalue weighted by Crippen LogP contribution is -2.25. The Morgan fingerprint density at radius 2 is 1.07 bits per heavy atom. The zero-order valence-corrected chi connectivity index (χ0v) is 7.54. The predicted octanol–water partition coefficient (Wildman–Crippen LogP) is 1.39. The van der Waals surface area contributed by atoms with Crippen molar-refractivity contribution in [1.82, 2.24) is 0 Å². The minimum absolute atomic E-state index is 2.24. The number of rotatable bonds is 4. The average molecular weight is 262 g/mol. The van der Waals surface area contributed by atoms with Crippen molar-refractivity contribution in [2.24, 2.45) is 0 Å². The van der Waals surface area contributed by atoms with E-state index in [9.17, 15) is 34.8 Å². The highest BCUT2D eigenvalue weighted by molar-refractivity contribution is 7.81. The van der Waals surface area contributed by atoms with Gasteiger partial charge < -0.3 is 0 Å². The molecule has 0 spiro atoms. The van der Waals surface area contributed by atoms with E-state index in [0.717, 1.165) is 0 Å². The van der Waals surface area contributed by atoms with Gasteiger partial charge in [0.25, 0.3) is 0 Å². The van der Waals surface area contributed by atoms with Gasteiger partial charge in [-0.2, -0.15) is 34.8 Å². The Morgan fingerprint density at radius 1 is 0.800 bits per heavy atom. The first-order chi connectivity index (χ1) is 6.41. The summed E-state index contributed by atoms with van der Waals surface area (Å²) in [5, 5.41) is 0. The lowest BCUT2D eigenvalue weighted by molar-refractivity contribution is -0.163. The Morgan fingerprint density at radius 3 is 1.27 bits per heavy atom. The van der Waals surface area contributed by atoms with Crippen molar-refractivity contribution in [3.63, 3.8) is 0 Å². The lowest BCUT2D eigenvalue weighted by Gasteiger charge is -2.09. The average Bonchev–Trinajstić information content (AvgIpc) is 1.96. The summed E-state index contributed by atoms with van der Waals surface area (Å²) in [5.74, 6) is 0. The van der Waals surface area contributed by atoms with Crippen LogP contribution in [0.15, 0.2) is 0 Å². The van der Waals surface area contributed by atoms with Gasteiger partial charge in [0, 0.05) is 0 Å². The van der Waals surface area contributed by atoms with E-state index in [2.05, 4.69) is 8.37 Å². The largest absolute Gasteiger partial charge is 0.413 e. The van der Waals surface area contributed by atoms with E-state index in [1.165, 1.54) is 0 Å². The third-order valence-corrected chi connectivity index (χ3v) is 1.55. The molecule has 0 rings (SSSR count). The van der Waals surface area contributed by atoms with Gasteiger partial charge in [-0.3, -0.25) is 0 Å². The van der Waals surface area contributed by atoms with Crippen molar-refractivity contribution in [2.75, 3.05) is 13.2 Å². The molecule has 0 bridgehead atoms. The van der Waals surface area contributed by atoms with Gasteiger partial charge in [-0.1, -0.05) is 0 Å². The van der Waals surface area contributed by atoms with Crippen molar-refractivity contribution >= 4 is 10.4 Å². The fourth-order valence-corrected chi connectivity index (χ4v) is 0.936. The van der Waals surface area contributed by atoms with E-state index >= 15 is 0 Å². The van der Waals surface area contributed by atoms with Crippen LogP contribution in [0.25, 0.3) is 0 Å². The summed E-state index contributed by atoms with van der Waals surface area (Å²) in [6.45, 7) is -4.49. The number of hydrogen-bond donors (Lipinski definition) is 0. The molecule has 0 fully saturated rings. The highest BCUT2D eigenvalue weighted by Gasteiger charge is 2.34. The summed E-state index contributed by atoms with van der Waals surface area (Å²) in [4.78, 5) is 0. The molecule has 0 N–H and O–H groups in total. The highest BCUT2D eigenvalue weighted by Crippen LogP contribution is 2.19. The van der Waals surface area contributed by atoms with Crippen LogP contribution >= 0.6 is 0 Å². The molecule has 0 aromatic rings. The Kier molecular flexibility index (Phi) is 4.36. The molecule has 0 aliphatic heterocycles. The van der Waals surface area contributed by atoms with Crippen LogP contribution in [0.2, 0.25) is 0 Å². The van der Waals surface area contributed by atoms with Crippen LogP contribution in [-0.4, -0.2) is 34.0 Å². The van der Waals surface area contributed by atoms with Gasteiger partial charge >= 0.3 is 22.8 Å². The second-order valence-electron chi connectivity index (χ2n) is 2.16. The van der Waals surface area contributed by atoms with E-state index in [0.29, 0.717) is 0 Å². The van der Waals surface area contributed by atoms with E-state index in [-0.39, 0.29) is 0 Å². The van der Waals surface area contributed by atoms with Gasteiger partial charge in [0.2, 0.25) is 0 Å². The third-order valence-electron chi connectivity index (χ3n) is 0.734. The van der Waals surface area contributed by atoms with Gasteiger partial charge in [0.15, 0.2) is 13.2 Å². The molecule has 92 valence electrons. The van der Waals surface area contributed by atoms with Crippen LogP contribution in [0.1, 0.15) is 0 Å². The molecule has 0 heterocycles. The standard InChI is InChI=1S/C4H4F6O4S/c5-3(6,7)1-13-15(11,12)14-2-4(8,9)10/h1-2H2. The van der Waals surface area contributed by atoms with Crippen molar-refractivity contribution in [2.45, 2.75) is 12.4 Å². The Labute approximate surface area is 80.1 Å². The maximum absolute atomic E-state index is 11.4. The fraction of sp³-hybridized carbons (Fsp3) is 1.00. The molecule has 0 atom stereocenters. The summed E-state index contributed by atoms with van der Waals surface area (Å²) < 4.78 is 95.1. The SMILES string of the molecule is O=S(=O)(OCC(F)(F)F)OCC(F)(F)F. The van der Waals surface area contributed by atoms with Crippen LogP contribution in [0.5, 0.6) is 0 Å². The van der Waals surface area contributed by atoms with Gasteiger partial charge in [0.05, 0.1) is 0 Å². The molecule has 0 saturated carbocycles. The van der Waals surface area contributed by atoms with E-state index in [1.54, 1.807) is 0 Å². The molecule has 0 aliphatic carbocycles. The second kappa shape index (κ2) is 4.53. The summed E-state index contributed by atoms with van der Waals surface area (Å²) >= 11 is 0. The normalized spacial score (nSPS) is 14.3. The number of hydrogen-bond acceptors (Lipinski definition) is 4. The predicted molar refractivity (Wildman–Crippen MR) is 32.9 cm³/mol. The summed E-state index contributed by atoms with van der Waals surface area (Å²) in [5.41, 5.74) is 0. The summed E-state index contributed by atoms with van der Waals surface area (Å²) in [7, 11) is -5.29. The van der Waals surface area contributed by atoms with Crippen molar-refractivity contribution in [3.05, 3.63) is 0 Å². The summed E-state index contributed by atoms with van der Waals surface area (Å²) in [6, 6.07) is 0. The molecule has 15 heavy (non-hydrogen) atoms. The third kappa shape index (κ3) is 9.75. The Bertz CT molecular complexity index is 265. The van der Waals surface area contributed by atoms with Gasteiger partial charge in [-0.15, -0.1) is 0 Å². The van der Waals surface area contributed by atoms with Crippen LogP contribution in [-0.2, 0) is 18.8 Å². The first kappa shape index (κ1) is 14.5.